The number of rotatable bonds is 3. The first-order valence-electron chi connectivity index (χ1n) is 7.90. The zero-order valence-corrected chi connectivity index (χ0v) is 15.5. The van der Waals surface area contributed by atoms with Crippen molar-refractivity contribution in [3.05, 3.63) is 51.8 Å². The number of benzene rings is 1. The van der Waals surface area contributed by atoms with E-state index in [2.05, 4.69) is 38.0 Å². The Hall–Kier alpha value is -1.74. The second-order valence-electron chi connectivity index (χ2n) is 6.86. The van der Waals surface area contributed by atoms with Crippen LogP contribution < -0.4 is 0 Å². The predicted octanol–water partition coefficient (Wildman–Crippen LogP) is 5.61. The lowest BCUT2D eigenvalue weighted by Crippen LogP contribution is -2.10. The molecule has 0 spiro atoms. The average Bonchev–Trinajstić information content (AvgIpc) is 2.80. The molecule has 1 aromatic heterocycles. The van der Waals surface area contributed by atoms with E-state index in [1.165, 1.54) is 5.56 Å². The van der Waals surface area contributed by atoms with E-state index < -0.39 is 0 Å². The summed E-state index contributed by atoms with van der Waals surface area (Å²) in [6.07, 6.45) is 0. The molecule has 0 aliphatic heterocycles. The van der Waals surface area contributed by atoms with Gasteiger partial charge in [-0.2, -0.15) is 5.10 Å². The van der Waals surface area contributed by atoms with E-state index >= 15 is 0 Å². The van der Waals surface area contributed by atoms with Crippen molar-refractivity contribution in [3.63, 3.8) is 0 Å². The van der Waals surface area contributed by atoms with Crippen molar-refractivity contribution in [1.29, 1.82) is 0 Å². The highest BCUT2D eigenvalue weighted by Gasteiger charge is 2.19. The van der Waals surface area contributed by atoms with Gasteiger partial charge in [-0.1, -0.05) is 56.6 Å². The Kier molecular flexibility index (Phi) is 4.90. The maximum atomic E-state index is 10.7. The Morgan fingerprint density at radius 1 is 1.22 bits per heavy atom. The van der Waals surface area contributed by atoms with Gasteiger partial charge in [-0.15, -0.1) is 0 Å². The normalized spacial score (nSPS) is 13.2. The van der Waals surface area contributed by atoms with Crippen LogP contribution in [0.3, 0.4) is 0 Å². The van der Waals surface area contributed by atoms with E-state index in [4.69, 9.17) is 11.6 Å². The number of aliphatic hydroxyl groups is 1. The molecule has 0 atom stereocenters. The Balaban J connectivity index is 2.49. The summed E-state index contributed by atoms with van der Waals surface area (Å²) in [6.45, 7) is 12.9. The number of hydrogen-bond acceptors (Lipinski definition) is 2. The quantitative estimate of drug-likeness (QED) is 0.742. The summed E-state index contributed by atoms with van der Waals surface area (Å²) in [5.74, 6) is 0.181. The third kappa shape index (κ3) is 3.45. The minimum Gasteiger partial charge on any atom is -0.505 e. The fraction of sp³-hybridized carbons (Fsp3) is 0.421. The first-order valence-corrected chi connectivity index (χ1v) is 8.28. The molecule has 0 saturated carbocycles. The summed E-state index contributed by atoms with van der Waals surface area (Å²) in [7, 11) is 0. The van der Waals surface area contributed by atoms with Crippen LogP contribution in [0, 0.1) is 6.92 Å². The second kappa shape index (κ2) is 6.40. The van der Waals surface area contributed by atoms with Crippen LogP contribution in [0.15, 0.2) is 24.3 Å². The van der Waals surface area contributed by atoms with Gasteiger partial charge in [0.1, 0.15) is 11.5 Å². The average molecular weight is 333 g/mol. The van der Waals surface area contributed by atoms with Gasteiger partial charge in [-0.25, -0.2) is 0 Å². The molecule has 0 aliphatic carbocycles. The molecule has 0 unspecified atom stereocenters. The molecular weight excluding hydrogens is 308 g/mol. The minimum atomic E-state index is 0.111. The highest BCUT2D eigenvalue weighted by Crippen LogP contribution is 2.32. The van der Waals surface area contributed by atoms with Crippen molar-refractivity contribution in [3.8, 4) is 0 Å². The molecule has 0 bridgehead atoms. The zero-order valence-electron chi connectivity index (χ0n) is 14.7. The number of aromatic nitrogens is 2. The fourth-order valence-corrected chi connectivity index (χ4v) is 2.77. The summed E-state index contributed by atoms with van der Waals surface area (Å²) in [5.41, 5.74) is 4.46. The third-order valence-corrected chi connectivity index (χ3v) is 4.57. The molecule has 0 saturated heterocycles. The van der Waals surface area contributed by atoms with Gasteiger partial charge in [0.15, 0.2) is 0 Å². The van der Waals surface area contributed by atoms with Gasteiger partial charge in [-0.05, 0) is 37.3 Å². The molecule has 2 aromatic rings. The number of halogens is 1. The van der Waals surface area contributed by atoms with Gasteiger partial charge < -0.3 is 5.11 Å². The van der Waals surface area contributed by atoms with Gasteiger partial charge in [-0.3, -0.25) is 4.68 Å². The van der Waals surface area contributed by atoms with Crippen LogP contribution in [0.2, 0.25) is 5.02 Å². The van der Waals surface area contributed by atoms with Crippen LogP contribution in [-0.2, 0) is 12.0 Å². The van der Waals surface area contributed by atoms with E-state index in [0.29, 0.717) is 17.3 Å². The molecule has 1 N–H and O–H groups in total. The summed E-state index contributed by atoms with van der Waals surface area (Å²) in [4.78, 5) is 0. The van der Waals surface area contributed by atoms with Gasteiger partial charge >= 0.3 is 0 Å². The molecule has 124 valence electrons. The smallest absolute Gasteiger partial charge is 0.145 e. The van der Waals surface area contributed by atoms with Crippen molar-refractivity contribution >= 4 is 22.9 Å². The molecule has 0 fully saturated rings. The summed E-state index contributed by atoms with van der Waals surface area (Å²) >= 11 is 6.33. The lowest BCUT2D eigenvalue weighted by Gasteiger charge is -2.19. The Morgan fingerprint density at radius 2 is 1.78 bits per heavy atom. The van der Waals surface area contributed by atoms with Gasteiger partial charge in [0, 0.05) is 12.1 Å². The molecule has 1 heterocycles. The summed E-state index contributed by atoms with van der Waals surface area (Å²) < 4.78 is 1.74. The number of aryl methyl sites for hydroxylation is 2. The Labute approximate surface area is 143 Å². The highest BCUT2D eigenvalue weighted by atomic mass is 35.5. The van der Waals surface area contributed by atoms with Crippen molar-refractivity contribution in [1.82, 2.24) is 9.78 Å². The first-order chi connectivity index (χ1) is 10.7. The van der Waals surface area contributed by atoms with Crippen LogP contribution in [0.25, 0.3) is 11.3 Å². The largest absolute Gasteiger partial charge is 0.505 e. The molecule has 0 radical (unpaired) electrons. The molecule has 0 aliphatic rings. The van der Waals surface area contributed by atoms with E-state index in [0.717, 1.165) is 16.8 Å². The van der Waals surface area contributed by atoms with Crippen LogP contribution in [-0.4, -0.2) is 14.9 Å². The fourth-order valence-electron chi connectivity index (χ4n) is 2.55. The van der Waals surface area contributed by atoms with Gasteiger partial charge in [0.05, 0.1) is 10.7 Å². The van der Waals surface area contributed by atoms with E-state index in [9.17, 15) is 5.11 Å². The van der Waals surface area contributed by atoms with Crippen LogP contribution in [0.4, 0.5) is 0 Å². The van der Waals surface area contributed by atoms with Crippen LogP contribution in [0.5, 0.6) is 0 Å². The van der Waals surface area contributed by atoms with Crippen molar-refractivity contribution in [2.75, 3.05) is 0 Å². The van der Waals surface area contributed by atoms with Gasteiger partial charge in [0.25, 0.3) is 0 Å². The number of allylic oxidation sites excluding steroid dienone is 1. The molecule has 1 aromatic carbocycles. The Bertz CT molecular complexity index is 734. The second-order valence-corrected chi connectivity index (χ2v) is 7.24. The van der Waals surface area contributed by atoms with Crippen molar-refractivity contribution in [2.24, 2.45) is 0 Å². The molecule has 0 amide bonds. The van der Waals surface area contributed by atoms with E-state index in [1.807, 2.05) is 32.9 Å². The van der Waals surface area contributed by atoms with Gasteiger partial charge in [0.2, 0.25) is 0 Å². The first kappa shape index (κ1) is 17.6. The maximum Gasteiger partial charge on any atom is 0.145 e. The number of aliphatic hydroxyl groups excluding tert-OH is 1. The standard InChI is InChI=1S/C19H25ClN2O/c1-7-22-17(16(20)13(3)21-22)18(23)12(2)14-8-10-15(11-9-14)19(4,5)6/h8-11,23H,7H2,1-6H3/b18-12-. The monoisotopic (exact) mass is 332 g/mol. The topological polar surface area (TPSA) is 38.0 Å². The number of nitrogens with zero attached hydrogens (tertiary/aromatic N) is 2. The molecule has 23 heavy (non-hydrogen) atoms. The van der Waals surface area contributed by atoms with E-state index in [1.54, 1.807) is 4.68 Å². The van der Waals surface area contributed by atoms with Crippen molar-refractivity contribution in [2.45, 2.75) is 53.5 Å². The minimum absolute atomic E-state index is 0.111. The molecular formula is C19H25ClN2O. The predicted molar refractivity (Wildman–Crippen MR) is 97.9 cm³/mol. The summed E-state index contributed by atoms with van der Waals surface area (Å²) in [6, 6.07) is 8.30. The highest BCUT2D eigenvalue weighted by molar-refractivity contribution is 6.33. The maximum absolute atomic E-state index is 10.7. The van der Waals surface area contributed by atoms with Crippen molar-refractivity contribution < 1.29 is 5.11 Å². The van der Waals surface area contributed by atoms with Crippen LogP contribution >= 0.6 is 11.6 Å². The lowest BCUT2D eigenvalue weighted by atomic mass is 9.86. The molecule has 2 rings (SSSR count). The molecule has 4 heteroatoms. The lowest BCUT2D eigenvalue weighted by molar-refractivity contribution is 0.496. The third-order valence-electron chi connectivity index (χ3n) is 4.12. The number of hydrogen-bond donors (Lipinski definition) is 1. The summed E-state index contributed by atoms with van der Waals surface area (Å²) in [5, 5.41) is 15.6. The zero-order chi connectivity index (χ0) is 17.4. The molecule has 3 nitrogen and oxygen atoms in total. The van der Waals surface area contributed by atoms with E-state index in [-0.39, 0.29) is 11.2 Å². The Morgan fingerprint density at radius 3 is 2.26 bits per heavy atom. The SMILES string of the molecule is CCn1nc(C)c(Cl)c1/C(O)=C(\C)c1ccc(C(C)(C)C)cc1. The van der Waals surface area contributed by atoms with Crippen LogP contribution in [0.1, 0.15) is 57.1 Å².